The van der Waals surface area contributed by atoms with E-state index in [1.807, 2.05) is 26.0 Å². The van der Waals surface area contributed by atoms with Crippen molar-refractivity contribution in [1.29, 1.82) is 0 Å². The van der Waals surface area contributed by atoms with Gasteiger partial charge in [-0.15, -0.1) is 11.8 Å². The van der Waals surface area contributed by atoms with Gasteiger partial charge in [0.1, 0.15) is 0 Å². The summed E-state index contributed by atoms with van der Waals surface area (Å²) in [6.45, 7) is 3.89. The molecule has 1 aromatic heterocycles. The number of nitrogens with one attached hydrogen (secondary N) is 1. The third-order valence-corrected chi connectivity index (χ3v) is 2.23. The summed E-state index contributed by atoms with van der Waals surface area (Å²) in [6.07, 6.45) is 3.52. The summed E-state index contributed by atoms with van der Waals surface area (Å²) >= 11 is 0. The summed E-state index contributed by atoms with van der Waals surface area (Å²) in [5.74, 6) is 11.4. The van der Waals surface area contributed by atoms with Crippen molar-refractivity contribution in [2.24, 2.45) is 5.84 Å². The normalized spacial score (nSPS) is 11.7. The zero-order chi connectivity index (χ0) is 11.1. The average molecular weight is 203 g/mol. The molecule has 80 valence electrons. The Kier molecular flexibility index (Phi) is 4.82. The standard InChI is InChI=1S/C12H17N3/c1-3-4-5-6-11(15-13)12-9-10(2)7-8-14-12/h7-9,11,15H,5-6,13H2,1-2H3. The summed E-state index contributed by atoms with van der Waals surface area (Å²) < 4.78 is 0. The van der Waals surface area contributed by atoms with Gasteiger partial charge in [-0.1, -0.05) is 0 Å². The Hall–Kier alpha value is -1.37. The van der Waals surface area contributed by atoms with E-state index in [1.165, 1.54) is 5.56 Å². The molecule has 0 aliphatic carbocycles. The number of pyridine rings is 1. The van der Waals surface area contributed by atoms with Gasteiger partial charge in [0, 0.05) is 12.6 Å². The van der Waals surface area contributed by atoms with Gasteiger partial charge < -0.3 is 0 Å². The number of aromatic nitrogens is 1. The maximum atomic E-state index is 5.50. The van der Waals surface area contributed by atoms with Crippen molar-refractivity contribution < 1.29 is 0 Å². The lowest BCUT2D eigenvalue weighted by atomic mass is 10.1. The van der Waals surface area contributed by atoms with Crippen LogP contribution in [0.3, 0.4) is 0 Å². The lowest BCUT2D eigenvalue weighted by molar-refractivity contribution is 0.511. The number of rotatable bonds is 4. The van der Waals surface area contributed by atoms with Crippen molar-refractivity contribution in [3.63, 3.8) is 0 Å². The van der Waals surface area contributed by atoms with Gasteiger partial charge in [-0.25, -0.2) is 0 Å². The Morgan fingerprint density at radius 1 is 1.60 bits per heavy atom. The van der Waals surface area contributed by atoms with E-state index >= 15 is 0 Å². The molecule has 0 radical (unpaired) electrons. The smallest absolute Gasteiger partial charge is 0.0641 e. The van der Waals surface area contributed by atoms with Crippen LogP contribution in [-0.4, -0.2) is 4.98 Å². The minimum absolute atomic E-state index is 0.0887. The molecule has 0 aliphatic heterocycles. The number of hydrogen-bond acceptors (Lipinski definition) is 3. The molecule has 3 nitrogen and oxygen atoms in total. The van der Waals surface area contributed by atoms with Crippen molar-refractivity contribution in [1.82, 2.24) is 10.4 Å². The molecule has 0 aliphatic rings. The molecule has 15 heavy (non-hydrogen) atoms. The average Bonchev–Trinajstić information content (AvgIpc) is 2.24. The van der Waals surface area contributed by atoms with Gasteiger partial charge >= 0.3 is 0 Å². The molecule has 1 atom stereocenters. The predicted octanol–water partition coefficient (Wildman–Crippen LogP) is 1.70. The minimum atomic E-state index is 0.0887. The van der Waals surface area contributed by atoms with E-state index in [4.69, 9.17) is 5.84 Å². The Bertz CT molecular complexity index is 363. The lowest BCUT2D eigenvalue weighted by Gasteiger charge is -2.14. The number of nitrogens with zero attached hydrogens (tertiary/aromatic N) is 1. The molecule has 1 unspecified atom stereocenters. The quantitative estimate of drug-likeness (QED) is 0.445. The monoisotopic (exact) mass is 203 g/mol. The second-order valence-electron chi connectivity index (χ2n) is 3.44. The van der Waals surface area contributed by atoms with Crippen LogP contribution in [0.5, 0.6) is 0 Å². The maximum Gasteiger partial charge on any atom is 0.0641 e. The molecule has 0 aromatic carbocycles. The molecule has 0 bridgehead atoms. The second-order valence-corrected chi connectivity index (χ2v) is 3.44. The van der Waals surface area contributed by atoms with Crippen LogP contribution in [0, 0.1) is 18.8 Å². The highest BCUT2D eigenvalue weighted by molar-refractivity contribution is 5.17. The Labute approximate surface area is 91.1 Å². The van der Waals surface area contributed by atoms with Crippen LogP contribution in [0.15, 0.2) is 18.3 Å². The van der Waals surface area contributed by atoms with E-state index < -0.39 is 0 Å². The van der Waals surface area contributed by atoms with Gasteiger partial charge in [-0.05, 0) is 38.0 Å². The van der Waals surface area contributed by atoms with E-state index in [0.29, 0.717) is 0 Å². The third kappa shape index (κ3) is 3.70. The fraction of sp³-hybridized carbons (Fsp3) is 0.417. The molecule has 1 heterocycles. The van der Waals surface area contributed by atoms with E-state index in [1.54, 1.807) is 6.20 Å². The van der Waals surface area contributed by atoms with Crippen LogP contribution in [0.25, 0.3) is 0 Å². The number of hydrogen-bond donors (Lipinski definition) is 2. The molecule has 1 rings (SSSR count). The lowest BCUT2D eigenvalue weighted by Crippen LogP contribution is -2.28. The summed E-state index contributed by atoms with van der Waals surface area (Å²) in [4.78, 5) is 4.30. The fourth-order valence-corrected chi connectivity index (χ4v) is 1.41. The Morgan fingerprint density at radius 2 is 2.40 bits per heavy atom. The van der Waals surface area contributed by atoms with Gasteiger partial charge in [0.05, 0.1) is 11.7 Å². The molecule has 3 N–H and O–H groups in total. The van der Waals surface area contributed by atoms with E-state index in [-0.39, 0.29) is 6.04 Å². The Morgan fingerprint density at radius 3 is 3.00 bits per heavy atom. The molecule has 0 saturated carbocycles. The molecule has 1 aromatic rings. The Balaban J connectivity index is 2.68. The topological polar surface area (TPSA) is 50.9 Å². The van der Waals surface area contributed by atoms with E-state index in [2.05, 4.69) is 22.3 Å². The summed E-state index contributed by atoms with van der Waals surface area (Å²) in [6, 6.07) is 4.11. The van der Waals surface area contributed by atoms with Gasteiger partial charge in [0.25, 0.3) is 0 Å². The molecule has 0 fully saturated rings. The second kappa shape index (κ2) is 6.18. The highest BCUT2D eigenvalue weighted by atomic mass is 15.2. The van der Waals surface area contributed by atoms with Gasteiger partial charge in [-0.3, -0.25) is 16.3 Å². The molecular weight excluding hydrogens is 186 g/mol. The van der Waals surface area contributed by atoms with Crippen molar-refractivity contribution >= 4 is 0 Å². The van der Waals surface area contributed by atoms with Crippen LogP contribution in [0.1, 0.15) is 37.1 Å². The van der Waals surface area contributed by atoms with Crippen molar-refractivity contribution in [3.05, 3.63) is 29.6 Å². The van der Waals surface area contributed by atoms with Gasteiger partial charge in [0.2, 0.25) is 0 Å². The van der Waals surface area contributed by atoms with Crippen LogP contribution < -0.4 is 11.3 Å². The first kappa shape index (κ1) is 11.7. The van der Waals surface area contributed by atoms with E-state index in [9.17, 15) is 0 Å². The summed E-state index contributed by atoms with van der Waals surface area (Å²) in [7, 11) is 0. The molecule has 0 saturated heterocycles. The minimum Gasteiger partial charge on any atom is -0.271 e. The molecule has 3 heteroatoms. The first-order chi connectivity index (χ1) is 7.27. The fourth-order valence-electron chi connectivity index (χ4n) is 1.41. The van der Waals surface area contributed by atoms with Crippen LogP contribution in [-0.2, 0) is 0 Å². The SMILES string of the molecule is CC#CCCC(NN)c1cc(C)ccn1. The number of aryl methyl sites for hydroxylation is 1. The zero-order valence-electron chi connectivity index (χ0n) is 9.25. The molecule has 0 spiro atoms. The number of hydrazine groups is 1. The highest BCUT2D eigenvalue weighted by Gasteiger charge is 2.09. The van der Waals surface area contributed by atoms with Crippen molar-refractivity contribution in [3.8, 4) is 11.8 Å². The largest absolute Gasteiger partial charge is 0.271 e. The third-order valence-electron chi connectivity index (χ3n) is 2.23. The predicted molar refractivity (Wildman–Crippen MR) is 61.7 cm³/mol. The van der Waals surface area contributed by atoms with Gasteiger partial charge in [0.15, 0.2) is 0 Å². The van der Waals surface area contributed by atoms with Crippen molar-refractivity contribution in [2.45, 2.75) is 32.7 Å². The van der Waals surface area contributed by atoms with Crippen molar-refractivity contribution in [2.75, 3.05) is 0 Å². The zero-order valence-corrected chi connectivity index (χ0v) is 9.25. The van der Waals surface area contributed by atoms with E-state index in [0.717, 1.165) is 18.5 Å². The van der Waals surface area contributed by atoms with Crippen LogP contribution >= 0.6 is 0 Å². The van der Waals surface area contributed by atoms with Crippen LogP contribution in [0.4, 0.5) is 0 Å². The number of nitrogens with two attached hydrogens (primary N) is 1. The first-order valence-corrected chi connectivity index (χ1v) is 5.06. The summed E-state index contributed by atoms with van der Waals surface area (Å²) in [5.41, 5.74) is 4.95. The highest BCUT2D eigenvalue weighted by Crippen LogP contribution is 2.15. The molecule has 0 amide bonds. The van der Waals surface area contributed by atoms with Crippen LogP contribution in [0.2, 0.25) is 0 Å². The first-order valence-electron chi connectivity index (χ1n) is 5.06. The molecular formula is C12H17N3. The van der Waals surface area contributed by atoms with Gasteiger partial charge in [-0.2, -0.15) is 0 Å². The summed E-state index contributed by atoms with van der Waals surface area (Å²) in [5, 5.41) is 0. The maximum absolute atomic E-state index is 5.50.